The number of nitrogens with zero attached hydrogens (tertiary/aromatic N) is 3. The highest BCUT2D eigenvalue weighted by Gasteiger charge is 2.54. The van der Waals surface area contributed by atoms with Crippen molar-refractivity contribution in [2.45, 2.75) is 37.7 Å². The molecule has 1 aliphatic heterocycles. The molecule has 1 saturated carbocycles. The average molecular weight is 445 g/mol. The van der Waals surface area contributed by atoms with Gasteiger partial charge in [-0.3, -0.25) is 4.98 Å². The minimum absolute atomic E-state index is 0.0151. The summed E-state index contributed by atoms with van der Waals surface area (Å²) in [7, 11) is 0. The standard InChI is InChI=1S/C21H21F6N3O/c22-20(23,24)5-7-31-18(14-2-1-6-28-10-14)15-8-19(9-15)12-30(13-19)16-3-4-17(29-11-16)21(25,26)27/h1-4,6,10-11,15,18H,5,7-9,12-13H2. The van der Waals surface area contributed by atoms with Crippen molar-refractivity contribution < 1.29 is 31.1 Å². The second-order valence-electron chi connectivity index (χ2n) is 8.37. The van der Waals surface area contributed by atoms with Crippen molar-refractivity contribution in [1.29, 1.82) is 0 Å². The van der Waals surface area contributed by atoms with E-state index in [4.69, 9.17) is 4.74 Å². The van der Waals surface area contributed by atoms with E-state index in [9.17, 15) is 26.3 Å². The highest BCUT2D eigenvalue weighted by Crippen LogP contribution is 2.57. The van der Waals surface area contributed by atoms with Crippen LogP contribution >= 0.6 is 0 Å². The van der Waals surface area contributed by atoms with Crippen molar-refractivity contribution in [2.75, 3.05) is 24.6 Å². The largest absolute Gasteiger partial charge is 0.433 e. The molecule has 2 aromatic rings. The normalized spacial score (nSPS) is 19.7. The third kappa shape index (κ3) is 4.94. The van der Waals surface area contributed by atoms with Crippen LogP contribution in [0.15, 0.2) is 42.9 Å². The van der Waals surface area contributed by atoms with Gasteiger partial charge >= 0.3 is 12.4 Å². The van der Waals surface area contributed by atoms with E-state index in [0.717, 1.165) is 24.5 Å². The molecule has 168 valence electrons. The molecule has 2 fully saturated rings. The Balaban J connectivity index is 1.34. The molecule has 3 heterocycles. The van der Waals surface area contributed by atoms with Gasteiger partial charge in [-0.05, 0) is 42.5 Å². The first-order valence-electron chi connectivity index (χ1n) is 9.91. The molecule has 2 aliphatic rings. The van der Waals surface area contributed by atoms with Gasteiger partial charge in [0.25, 0.3) is 0 Å². The predicted octanol–water partition coefficient (Wildman–Crippen LogP) is 5.42. The van der Waals surface area contributed by atoms with Gasteiger partial charge in [-0.25, -0.2) is 4.98 Å². The lowest BCUT2D eigenvalue weighted by molar-refractivity contribution is -0.158. The van der Waals surface area contributed by atoms with Crippen molar-refractivity contribution in [2.24, 2.45) is 11.3 Å². The summed E-state index contributed by atoms with van der Waals surface area (Å²) in [4.78, 5) is 9.51. The van der Waals surface area contributed by atoms with E-state index in [1.54, 1.807) is 24.5 Å². The highest BCUT2D eigenvalue weighted by molar-refractivity contribution is 5.49. The van der Waals surface area contributed by atoms with Crippen LogP contribution in [0.1, 0.15) is 36.6 Å². The molecule has 2 aromatic heterocycles. The molecule has 4 rings (SSSR count). The Bertz CT molecular complexity index is 871. The Morgan fingerprint density at radius 1 is 1.06 bits per heavy atom. The SMILES string of the molecule is FC(F)(F)CCOC(c1cccnc1)C1CC2(C1)CN(c1ccc(C(F)(F)F)nc1)C2. The molecule has 31 heavy (non-hydrogen) atoms. The topological polar surface area (TPSA) is 38.2 Å². The van der Waals surface area contributed by atoms with Crippen LogP contribution in [0.2, 0.25) is 0 Å². The molecule has 1 saturated heterocycles. The van der Waals surface area contributed by atoms with E-state index >= 15 is 0 Å². The fourth-order valence-electron chi connectivity index (χ4n) is 4.56. The van der Waals surface area contributed by atoms with Gasteiger partial charge < -0.3 is 9.64 Å². The molecule has 1 spiro atoms. The summed E-state index contributed by atoms with van der Waals surface area (Å²) in [6, 6.07) is 5.91. The van der Waals surface area contributed by atoms with Crippen molar-refractivity contribution in [3.8, 4) is 0 Å². The van der Waals surface area contributed by atoms with Crippen molar-refractivity contribution >= 4 is 5.69 Å². The maximum atomic E-state index is 12.7. The highest BCUT2D eigenvalue weighted by atomic mass is 19.4. The zero-order valence-electron chi connectivity index (χ0n) is 16.5. The van der Waals surface area contributed by atoms with Crippen molar-refractivity contribution in [3.63, 3.8) is 0 Å². The second kappa shape index (κ2) is 7.96. The van der Waals surface area contributed by atoms with Crippen LogP contribution in [0.3, 0.4) is 0 Å². The molecular weight excluding hydrogens is 424 g/mol. The number of rotatable bonds is 6. The number of hydrogen-bond donors (Lipinski definition) is 0. The molecular formula is C21H21F6N3O. The summed E-state index contributed by atoms with van der Waals surface area (Å²) >= 11 is 0. The predicted molar refractivity (Wildman–Crippen MR) is 100 cm³/mol. The summed E-state index contributed by atoms with van der Waals surface area (Å²) < 4.78 is 81.2. The van der Waals surface area contributed by atoms with Gasteiger partial charge in [0.05, 0.1) is 31.0 Å². The molecule has 0 aromatic carbocycles. The smallest absolute Gasteiger partial charge is 0.373 e. The van der Waals surface area contributed by atoms with Gasteiger partial charge in [0, 0.05) is 30.9 Å². The minimum Gasteiger partial charge on any atom is -0.373 e. The van der Waals surface area contributed by atoms with Gasteiger partial charge in [0.15, 0.2) is 0 Å². The molecule has 1 aliphatic carbocycles. The summed E-state index contributed by atoms with van der Waals surface area (Å²) in [6.45, 7) is 0.952. The van der Waals surface area contributed by atoms with Crippen molar-refractivity contribution in [3.05, 3.63) is 54.1 Å². The summed E-state index contributed by atoms with van der Waals surface area (Å²) in [5.74, 6) is 0.0744. The zero-order valence-corrected chi connectivity index (χ0v) is 16.5. The number of alkyl halides is 6. The molecule has 0 bridgehead atoms. The molecule has 10 heteroatoms. The van der Waals surface area contributed by atoms with E-state index in [1.165, 1.54) is 12.3 Å². The Morgan fingerprint density at radius 2 is 1.81 bits per heavy atom. The molecule has 0 amide bonds. The van der Waals surface area contributed by atoms with Crippen molar-refractivity contribution in [1.82, 2.24) is 9.97 Å². The first kappa shape index (κ1) is 21.9. The monoisotopic (exact) mass is 445 g/mol. The number of aromatic nitrogens is 2. The quantitative estimate of drug-likeness (QED) is 0.557. The third-order valence-electron chi connectivity index (χ3n) is 5.97. The van der Waals surface area contributed by atoms with Gasteiger partial charge in [-0.2, -0.15) is 26.3 Å². The zero-order chi connectivity index (χ0) is 22.3. The van der Waals surface area contributed by atoms with Gasteiger partial charge in [0.2, 0.25) is 0 Å². The molecule has 4 nitrogen and oxygen atoms in total. The van der Waals surface area contributed by atoms with Crippen LogP contribution in [0.4, 0.5) is 32.0 Å². The van der Waals surface area contributed by atoms with Gasteiger partial charge in [-0.1, -0.05) is 6.07 Å². The number of pyridine rings is 2. The lowest BCUT2D eigenvalue weighted by Crippen LogP contribution is -2.63. The van der Waals surface area contributed by atoms with E-state index < -0.39 is 37.2 Å². The first-order chi connectivity index (χ1) is 14.5. The summed E-state index contributed by atoms with van der Waals surface area (Å²) in [5, 5.41) is 0. The van der Waals surface area contributed by atoms with E-state index in [1.807, 2.05) is 4.90 Å². The Kier molecular flexibility index (Phi) is 5.61. The molecule has 0 N–H and O–H groups in total. The van der Waals surface area contributed by atoms with Crippen LogP contribution in [0.25, 0.3) is 0 Å². The number of anilines is 1. The van der Waals surface area contributed by atoms with Crippen LogP contribution in [-0.4, -0.2) is 35.8 Å². The maximum absolute atomic E-state index is 12.7. The lowest BCUT2D eigenvalue weighted by atomic mass is 9.55. The average Bonchev–Trinajstić information content (AvgIpc) is 2.64. The van der Waals surface area contributed by atoms with Crippen LogP contribution in [0, 0.1) is 11.3 Å². The number of halogens is 6. The van der Waals surface area contributed by atoms with Crippen LogP contribution in [0.5, 0.6) is 0 Å². The summed E-state index contributed by atoms with van der Waals surface area (Å²) in [5.41, 5.74) is 0.478. The van der Waals surface area contributed by atoms with Gasteiger partial charge in [0.1, 0.15) is 5.69 Å². The van der Waals surface area contributed by atoms with E-state index in [2.05, 4.69) is 9.97 Å². The number of ether oxygens (including phenoxy) is 1. The Labute approximate surface area is 175 Å². The fourth-order valence-corrected chi connectivity index (χ4v) is 4.56. The maximum Gasteiger partial charge on any atom is 0.433 e. The fraction of sp³-hybridized carbons (Fsp3) is 0.524. The Morgan fingerprint density at radius 3 is 2.35 bits per heavy atom. The first-order valence-corrected chi connectivity index (χ1v) is 9.91. The van der Waals surface area contributed by atoms with E-state index in [-0.39, 0.29) is 11.3 Å². The third-order valence-corrected chi connectivity index (χ3v) is 5.97. The Hall–Kier alpha value is -2.36. The minimum atomic E-state index is -4.47. The van der Waals surface area contributed by atoms with Crippen LogP contribution in [-0.2, 0) is 10.9 Å². The summed E-state index contributed by atoms with van der Waals surface area (Å²) in [6.07, 6.45) is -4.20. The van der Waals surface area contributed by atoms with Gasteiger partial charge in [-0.15, -0.1) is 0 Å². The van der Waals surface area contributed by atoms with Crippen LogP contribution < -0.4 is 4.90 Å². The lowest BCUT2D eigenvalue weighted by Gasteiger charge is -2.61. The molecule has 1 unspecified atom stereocenters. The second-order valence-corrected chi connectivity index (χ2v) is 8.37. The molecule has 1 atom stereocenters. The number of hydrogen-bond acceptors (Lipinski definition) is 4. The van der Waals surface area contributed by atoms with E-state index in [0.29, 0.717) is 18.8 Å². The molecule has 0 radical (unpaired) electrons.